The van der Waals surface area contributed by atoms with Gasteiger partial charge in [0.05, 0.1) is 28.7 Å². The number of nitriles is 1. The Labute approximate surface area is 172 Å². The van der Waals surface area contributed by atoms with Gasteiger partial charge >= 0.3 is 0 Å². The number of pyridine rings is 1. The van der Waals surface area contributed by atoms with Gasteiger partial charge in [-0.05, 0) is 37.3 Å². The Morgan fingerprint density at radius 1 is 1.14 bits per heavy atom. The van der Waals surface area contributed by atoms with Crippen molar-refractivity contribution < 1.29 is 4.79 Å². The van der Waals surface area contributed by atoms with E-state index in [1.165, 1.54) is 11.8 Å². The molecule has 7 heteroatoms. The highest BCUT2D eigenvalue weighted by atomic mass is 32.2. The van der Waals surface area contributed by atoms with Crippen molar-refractivity contribution in [1.82, 2.24) is 14.8 Å². The standard InChI is InChI=1S/C22H17N5OS/c1-14-18-11-16(13-24-21(18)27(2)26-14)25-22(28)17-8-4-6-10-20(17)29-19-9-5-3-7-15(19)12-23/h3-11,13H,1-2H3,(H,25,28). The summed E-state index contributed by atoms with van der Waals surface area (Å²) in [4.78, 5) is 19.0. The van der Waals surface area contributed by atoms with Crippen LogP contribution in [0.25, 0.3) is 11.0 Å². The van der Waals surface area contributed by atoms with Crippen molar-refractivity contribution in [2.45, 2.75) is 16.7 Å². The zero-order valence-electron chi connectivity index (χ0n) is 15.9. The average molecular weight is 399 g/mol. The highest BCUT2D eigenvalue weighted by Crippen LogP contribution is 2.33. The molecular formula is C22H17N5OS. The molecule has 4 rings (SSSR count). The lowest BCUT2D eigenvalue weighted by Gasteiger charge is -2.10. The van der Waals surface area contributed by atoms with Crippen molar-refractivity contribution in [2.75, 3.05) is 5.32 Å². The highest BCUT2D eigenvalue weighted by molar-refractivity contribution is 7.99. The molecule has 0 saturated heterocycles. The van der Waals surface area contributed by atoms with E-state index < -0.39 is 0 Å². The van der Waals surface area contributed by atoms with E-state index in [4.69, 9.17) is 0 Å². The second-order valence-corrected chi connectivity index (χ2v) is 7.55. The molecule has 2 heterocycles. The molecule has 0 aliphatic heterocycles. The SMILES string of the molecule is Cc1nn(C)c2ncc(NC(=O)c3ccccc3Sc3ccccc3C#N)cc12. The molecule has 1 amide bonds. The molecule has 1 N–H and O–H groups in total. The Morgan fingerprint density at radius 3 is 2.66 bits per heavy atom. The van der Waals surface area contributed by atoms with E-state index in [1.54, 1.807) is 23.0 Å². The van der Waals surface area contributed by atoms with Gasteiger partial charge in [-0.25, -0.2) is 4.98 Å². The number of fused-ring (bicyclic) bond motifs is 1. The van der Waals surface area contributed by atoms with Crippen LogP contribution >= 0.6 is 11.8 Å². The fourth-order valence-corrected chi connectivity index (χ4v) is 4.11. The Balaban J connectivity index is 1.63. The Bertz CT molecular complexity index is 1270. The third kappa shape index (κ3) is 3.71. The molecular weight excluding hydrogens is 382 g/mol. The maximum absolute atomic E-state index is 13.0. The smallest absolute Gasteiger partial charge is 0.256 e. The second kappa shape index (κ2) is 7.78. The first kappa shape index (κ1) is 18.7. The van der Waals surface area contributed by atoms with Crippen LogP contribution in [0.2, 0.25) is 0 Å². The predicted molar refractivity (Wildman–Crippen MR) is 113 cm³/mol. The van der Waals surface area contributed by atoms with Crippen LogP contribution in [-0.4, -0.2) is 20.7 Å². The van der Waals surface area contributed by atoms with Crippen LogP contribution < -0.4 is 5.32 Å². The maximum atomic E-state index is 13.0. The zero-order chi connectivity index (χ0) is 20.4. The first-order chi connectivity index (χ1) is 14.1. The topological polar surface area (TPSA) is 83.6 Å². The lowest BCUT2D eigenvalue weighted by Crippen LogP contribution is -2.13. The number of hydrogen-bond acceptors (Lipinski definition) is 5. The first-order valence-corrected chi connectivity index (χ1v) is 9.75. The Morgan fingerprint density at radius 2 is 1.86 bits per heavy atom. The molecule has 29 heavy (non-hydrogen) atoms. The molecule has 0 atom stereocenters. The summed E-state index contributed by atoms with van der Waals surface area (Å²) in [6.45, 7) is 1.91. The molecule has 4 aromatic rings. The third-order valence-corrected chi connectivity index (χ3v) is 5.63. The number of aromatic nitrogens is 3. The van der Waals surface area contributed by atoms with E-state index in [0.717, 1.165) is 26.5 Å². The van der Waals surface area contributed by atoms with Crippen molar-refractivity contribution in [2.24, 2.45) is 7.05 Å². The molecule has 0 radical (unpaired) electrons. The van der Waals surface area contributed by atoms with Crippen LogP contribution in [0.1, 0.15) is 21.6 Å². The summed E-state index contributed by atoms with van der Waals surface area (Å²) in [5.74, 6) is -0.231. The summed E-state index contributed by atoms with van der Waals surface area (Å²) in [7, 11) is 1.84. The zero-order valence-corrected chi connectivity index (χ0v) is 16.7. The van der Waals surface area contributed by atoms with Gasteiger partial charge in [-0.1, -0.05) is 36.0 Å². The maximum Gasteiger partial charge on any atom is 0.256 e. The minimum absolute atomic E-state index is 0.231. The normalized spacial score (nSPS) is 10.7. The van der Waals surface area contributed by atoms with Crippen LogP contribution in [0, 0.1) is 18.3 Å². The average Bonchev–Trinajstić information content (AvgIpc) is 3.02. The van der Waals surface area contributed by atoms with Gasteiger partial charge in [-0.3, -0.25) is 9.48 Å². The molecule has 0 unspecified atom stereocenters. The number of nitrogens with one attached hydrogen (secondary N) is 1. The number of anilines is 1. The van der Waals surface area contributed by atoms with E-state index in [2.05, 4.69) is 21.5 Å². The van der Waals surface area contributed by atoms with Crippen LogP contribution in [0.15, 0.2) is 70.6 Å². The fourth-order valence-electron chi connectivity index (χ4n) is 3.08. The van der Waals surface area contributed by atoms with Gasteiger partial charge in [-0.15, -0.1) is 0 Å². The second-order valence-electron chi connectivity index (χ2n) is 6.46. The van der Waals surface area contributed by atoms with Gasteiger partial charge in [0.25, 0.3) is 5.91 Å². The van der Waals surface area contributed by atoms with E-state index in [1.807, 2.05) is 56.4 Å². The van der Waals surface area contributed by atoms with Gasteiger partial charge in [0, 0.05) is 22.2 Å². The minimum atomic E-state index is -0.231. The van der Waals surface area contributed by atoms with E-state index in [9.17, 15) is 10.1 Å². The predicted octanol–water partition coefficient (Wildman–Crippen LogP) is 4.55. The number of benzene rings is 2. The lowest BCUT2D eigenvalue weighted by molar-refractivity contribution is 0.102. The van der Waals surface area contributed by atoms with Gasteiger partial charge in [0.15, 0.2) is 5.65 Å². The van der Waals surface area contributed by atoms with Crippen molar-refractivity contribution in [3.05, 3.63) is 77.6 Å². The van der Waals surface area contributed by atoms with Crippen molar-refractivity contribution in [1.29, 1.82) is 5.26 Å². The third-order valence-electron chi connectivity index (χ3n) is 4.48. The van der Waals surface area contributed by atoms with Gasteiger partial charge in [-0.2, -0.15) is 10.4 Å². The van der Waals surface area contributed by atoms with Gasteiger partial charge in [0.1, 0.15) is 6.07 Å². The molecule has 6 nitrogen and oxygen atoms in total. The minimum Gasteiger partial charge on any atom is -0.321 e. The molecule has 2 aromatic carbocycles. The first-order valence-electron chi connectivity index (χ1n) is 8.93. The van der Waals surface area contributed by atoms with Gasteiger partial charge < -0.3 is 5.32 Å². The number of hydrogen-bond donors (Lipinski definition) is 1. The molecule has 0 aliphatic rings. The fraction of sp³-hybridized carbons (Fsp3) is 0.0909. The van der Waals surface area contributed by atoms with Crippen molar-refractivity contribution >= 4 is 34.4 Å². The van der Waals surface area contributed by atoms with E-state index in [0.29, 0.717) is 16.8 Å². The van der Waals surface area contributed by atoms with Crippen LogP contribution in [0.5, 0.6) is 0 Å². The lowest BCUT2D eigenvalue weighted by atomic mass is 10.2. The number of aryl methyl sites for hydroxylation is 2. The monoisotopic (exact) mass is 399 g/mol. The summed E-state index contributed by atoms with van der Waals surface area (Å²) in [5.41, 5.74) is 3.35. The largest absolute Gasteiger partial charge is 0.321 e. The molecule has 0 fully saturated rings. The number of nitrogens with zero attached hydrogens (tertiary/aromatic N) is 4. The Hall–Kier alpha value is -3.63. The van der Waals surface area contributed by atoms with Crippen LogP contribution in [0.3, 0.4) is 0 Å². The van der Waals surface area contributed by atoms with Gasteiger partial charge in [0.2, 0.25) is 0 Å². The number of carbonyl (C=O) groups excluding carboxylic acids is 1. The van der Waals surface area contributed by atoms with E-state index >= 15 is 0 Å². The van der Waals surface area contributed by atoms with Crippen LogP contribution in [-0.2, 0) is 7.05 Å². The molecule has 2 aromatic heterocycles. The summed E-state index contributed by atoms with van der Waals surface area (Å²) in [6, 6.07) is 18.8. The molecule has 0 bridgehead atoms. The Kier molecular flexibility index (Phi) is 5.02. The molecule has 0 spiro atoms. The number of amides is 1. The van der Waals surface area contributed by atoms with Crippen LogP contribution in [0.4, 0.5) is 5.69 Å². The number of rotatable bonds is 4. The highest BCUT2D eigenvalue weighted by Gasteiger charge is 2.15. The molecule has 0 aliphatic carbocycles. The molecule has 142 valence electrons. The van der Waals surface area contributed by atoms with E-state index in [-0.39, 0.29) is 5.91 Å². The summed E-state index contributed by atoms with van der Waals surface area (Å²) in [6.07, 6.45) is 1.63. The van der Waals surface area contributed by atoms with Crippen molar-refractivity contribution in [3.8, 4) is 6.07 Å². The number of carbonyl (C=O) groups is 1. The summed E-state index contributed by atoms with van der Waals surface area (Å²) < 4.78 is 1.72. The van der Waals surface area contributed by atoms with Crippen molar-refractivity contribution in [3.63, 3.8) is 0 Å². The summed E-state index contributed by atoms with van der Waals surface area (Å²) >= 11 is 1.40. The summed E-state index contributed by atoms with van der Waals surface area (Å²) in [5, 5.41) is 17.5. The molecule has 0 saturated carbocycles. The quantitative estimate of drug-likeness (QED) is 0.544.